The van der Waals surface area contributed by atoms with Crippen molar-refractivity contribution in [3.63, 3.8) is 0 Å². The lowest BCUT2D eigenvalue weighted by Gasteiger charge is -2.09. The van der Waals surface area contributed by atoms with Gasteiger partial charge in [-0.1, -0.05) is 36.4 Å². The second-order valence-electron chi connectivity index (χ2n) is 5.88. The standard InChI is InChI=1S/C19H14N4O4/c1-23-19(26)13-8-4-3-7-12(13)16(22-23)18(25)21-20-17(24)15-10-11-6-2-5-9-14(11)27-15/h2-10H,1H3,(H,20,24)(H,21,25). The van der Waals surface area contributed by atoms with E-state index in [1.165, 1.54) is 7.05 Å². The topological polar surface area (TPSA) is 106 Å². The van der Waals surface area contributed by atoms with Gasteiger partial charge in [0.05, 0.1) is 5.39 Å². The number of nitrogens with zero attached hydrogens (tertiary/aromatic N) is 2. The zero-order chi connectivity index (χ0) is 19.0. The SMILES string of the molecule is Cn1nc(C(=O)NNC(=O)c2cc3ccccc3o2)c2ccccc2c1=O. The Morgan fingerprint density at radius 2 is 1.63 bits per heavy atom. The molecule has 0 spiro atoms. The number of hydrazine groups is 1. The van der Waals surface area contributed by atoms with Gasteiger partial charge < -0.3 is 4.42 Å². The summed E-state index contributed by atoms with van der Waals surface area (Å²) in [6.07, 6.45) is 0. The van der Waals surface area contributed by atoms with Crippen molar-refractivity contribution in [2.24, 2.45) is 7.05 Å². The molecule has 2 amide bonds. The van der Waals surface area contributed by atoms with Crippen LogP contribution in [0.2, 0.25) is 0 Å². The summed E-state index contributed by atoms with van der Waals surface area (Å²) in [5.41, 5.74) is 4.88. The van der Waals surface area contributed by atoms with Crippen LogP contribution in [-0.2, 0) is 7.05 Å². The van der Waals surface area contributed by atoms with Gasteiger partial charge in [0.1, 0.15) is 5.58 Å². The zero-order valence-electron chi connectivity index (χ0n) is 14.2. The van der Waals surface area contributed by atoms with Crippen LogP contribution >= 0.6 is 0 Å². The van der Waals surface area contributed by atoms with Crippen LogP contribution in [0.5, 0.6) is 0 Å². The molecule has 0 radical (unpaired) electrons. The van der Waals surface area contributed by atoms with Crippen molar-refractivity contribution in [1.29, 1.82) is 0 Å². The molecule has 2 N–H and O–H groups in total. The van der Waals surface area contributed by atoms with Crippen LogP contribution in [0.3, 0.4) is 0 Å². The molecule has 0 bridgehead atoms. The Morgan fingerprint density at radius 1 is 0.963 bits per heavy atom. The van der Waals surface area contributed by atoms with Gasteiger partial charge in [-0.05, 0) is 18.2 Å². The number of hydrogen-bond donors (Lipinski definition) is 2. The molecule has 2 aromatic heterocycles. The lowest BCUT2D eigenvalue weighted by atomic mass is 10.1. The number of carbonyl (C=O) groups is 2. The summed E-state index contributed by atoms with van der Waals surface area (Å²) in [5.74, 6) is -1.19. The number of furan rings is 1. The van der Waals surface area contributed by atoms with Gasteiger partial charge in [0, 0.05) is 17.8 Å². The molecule has 0 fully saturated rings. The van der Waals surface area contributed by atoms with Crippen LogP contribution < -0.4 is 16.4 Å². The number of aromatic nitrogens is 2. The molecule has 0 saturated carbocycles. The summed E-state index contributed by atoms with van der Waals surface area (Å²) in [4.78, 5) is 36.9. The first-order valence-corrected chi connectivity index (χ1v) is 8.10. The van der Waals surface area contributed by atoms with Gasteiger partial charge in [0.25, 0.3) is 11.5 Å². The fourth-order valence-corrected chi connectivity index (χ4v) is 2.80. The van der Waals surface area contributed by atoms with E-state index in [1.807, 2.05) is 12.1 Å². The van der Waals surface area contributed by atoms with Gasteiger partial charge in [0.2, 0.25) is 0 Å². The summed E-state index contributed by atoms with van der Waals surface area (Å²) in [6, 6.07) is 15.4. The van der Waals surface area contributed by atoms with Crippen LogP contribution in [0.1, 0.15) is 21.0 Å². The molecule has 0 aliphatic carbocycles. The fraction of sp³-hybridized carbons (Fsp3) is 0.0526. The lowest BCUT2D eigenvalue weighted by molar-refractivity contribution is 0.0829. The first-order valence-electron chi connectivity index (χ1n) is 8.10. The van der Waals surface area contributed by atoms with Gasteiger partial charge in [-0.25, -0.2) is 4.68 Å². The van der Waals surface area contributed by atoms with E-state index in [-0.39, 0.29) is 17.0 Å². The van der Waals surface area contributed by atoms with E-state index in [4.69, 9.17) is 4.42 Å². The summed E-state index contributed by atoms with van der Waals surface area (Å²) >= 11 is 0. The third-order valence-corrected chi connectivity index (χ3v) is 4.11. The Bertz CT molecular complexity index is 1220. The van der Waals surface area contributed by atoms with E-state index in [1.54, 1.807) is 42.5 Å². The third-order valence-electron chi connectivity index (χ3n) is 4.11. The highest BCUT2D eigenvalue weighted by Gasteiger charge is 2.18. The van der Waals surface area contributed by atoms with Gasteiger partial charge in [0.15, 0.2) is 11.5 Å². The van der Waals surface area contributed by atoms with Crippen molar-refractivity contribution < 1.29 is 14.0 Å². The van der Waals surface area contributed by atoms with Crippen LogP contribution in [0, 0.1) is 0 Å². The third kappa shape index (κ3) is 2.93. The number of aryl methyl sites for hydroxylation is 1. The highest BCUT2D eigenvalue weighted by Crippen LogP contribution is 2.18. The molecule has 2 aromatic carbocycles. The number of carbonyl (C=O) groups excluding carboxylic acids is 2. The Kier molecular flexibility index (Phi) is 3.92. The molecular formula is C19H14N4O4. The number of nitrogens with one attached hydrogen (secondary N) is 2. The molecule has 27 heavy (non-hydrogen) atoms. The minimum Gasteiger partial charge on any atom is -0.451 e. The average molecular weight is 362 g/mol. The largest absolute Gasteiger partial charge is 0.451 e. The van der Waals surface area contributed by atoms with E-state index in [9.17, 15) is 14.4 Å². The molecular weight excluding hydrogens is 348 g/mol. The summed E-state index contributed by atoms with van der Waals surface area (Å²) in [5, 5.41) is 5.54. The van der Waals surface area contributed by atoms with E-state index >= 15 is 0 Å². The normalized spacial score (nSPS) is 10.9. The average Bonchev–Trinajstić information content (AvgIpc) is 3.13. The van der Waals surface area contributed by atoms with Crippen LogP contribution in [0.15, 0.2) is 63.8 Å². The van der Waals surface area contributed by atoms with Crippen molar-refractivity contribution >= 4 is 33.6 Å². The molecule has 0 aliphatic rings. The monoisotopic (exact) mass is 362 g/mol. The predicted octanol–water partition coefficient (Wildman–Crippen LogP) is 1.75. The maximum absolute atomic E-state index is 12.5. The molecule has 134 valence electrons. The molecule has 8 heteroatoms. The second kappa shape index (κ2) is 6.41. The fourth-order valence-electron chi connectivity index (χ4n) is 2.80. The number of hydrogen-bond acceptors (Lipinski definition) is 5. The number of rotatable bonds is 2. The molecule has 0 atom stereocenters. The number of para-hydroxylation sites is 1. The van der Waals surface area contributed by atoms with E-state index < -0.39 is 11.8 Å². The Labute approximate surface area is 152 Å². The molecule has 8 nitrogen and oxygen atoms in total. The lowest BCUT2D eigenvalue weighted by Crippen LogP contribution is -2.42. The minimum atomic E-state index is -0.647. The first kappa shape index (κ1) is 16.5. The Balaban J connectivity index is 1.58. The molecule has 2 heterocycles. The van der Waals surface area contributed by atoms with Gasteiger partial charge in [-0.2, -0.15) is 5.10 Å². The van der Waals surface area contributed by atoms with Crippen molar-refractivity contribution in [2.75, 3.05) is 0 Å². The summed E-state index contributed by atoms with van der Waals surface area (Å²) < 4.78 is 6.53. The maximum atomic E-state index is 12.5. The van der Waals surface area contributed by atoms with Crippen molar-refractivity contribution in [2.45, 2.75) is 0 Å². The quantitative estimate of drug-likeness (QED) is 0.529. The number of fused-ring (bicyclic) bond motifs is 2. The Morgan fingerprint density at radius 3 is 2.41 bits per heavy atom. The van der Waals surface area contributed by atoms with Crippen molar-refractivity contribution in [1.82, 2.24) is 20.6 Å². The zero-order valence-corrected chi connectivity index (χ0v) is 14.2. The van der Waals surface area contributed by atoms with Gasteiger partial charge in [-0.3, -0.25) is 25.2 Å². The molecule has 0 aliphatic heterocycles. The highest BCUT2D eigenvalue weighted by atomic mass is 16.3. The van der Waals surface area contributed by atoms with Crippen LogP contribution in [-0.4, -0.2) is 21.6 Å². The van der Waals surface area contributed by atoms with Crippen LogP contribution in [0.4, 0.5) is 0 Å². The first-order chi connectivity index (χ1) is 13.0. The second-order valence-corrected chi connectivity index (χ2v) is 5.88. The van der Waals surface area contributed by atoms with Gasteiger partial charge in [-0.15, -0.1) is 0 Å². The van der Waals surface area contributed by atoms with Gasteiger partial charge >= 0.3 is 5.91 Å². The van der Waals surface area contributed by atoms with E-state index in [2.05, 4.69) is 16.0 Å². The van der Waals surface area contributed by atoms with Crippen molar-refractivity contribution in [3.8, 4) is 0 Å². The highest BCUT2D eigenvalue weighted by molar-refractivity contribution is 6.06. The summed E-state index contributed by atoms with van der Waals surface area (Å²) in [7, 11) is 1.46. The smallest absolute Gasteiger partial charge is 0.305 e. The number of amides is 2. The van der Waals surface area contributed by atoms with E-state index in [0.29, 0.717) is 16.4 Å². The molecule has 0 unspecified atom stereocenters. The predicted molar refractivity (Wildman–Crippen MR) is 98.1 cm³/mol. The molecule has 4 aromatic rings. The molecule has 4 rings (SSSR count). The van der Waals surface area contributed by atoms with E-state index in [0.717, 1.165) is 10.1 Å². The van der Waals surface area contributed by atoms with Crippen LogP contribution in [0.25, 0.3) is 21.7 Å². The minimum absolute atomic E-state index is 0.0256. The molecule has 0 saturated heterocycles. The number of benzene rings is 2. The summed E-state index contributed by atoms with van der Waals surface area (Å²) in [6.45, 7) is 0. The van der Waals surface area contributed by atoms with Crippen molar-refractivity contribution in [3.05, 3.63) is 76.4 Å². The maximum Gasteiger partial charge on any atom is 0.305 e. The Hall–Kier alpha value is -3.94.